The molecule has 112 valence electrons. The first-order valence-corrected chi connectivity index (χ1v) is 7.12. The van der Waals surface area contributed by atoms with Crippen LogP contribution in [0.25, 0.3) is 0 Å². The summed E-state index contributed by atoms with van der Waals surface area (Å²) in [7, 11) is 0. The molecule has 21 heavy (non-hydrogen) atoms. The fraction of sp³-hybridized carbons (Fsp3) is 0.400. The van der Waals surface area contributed by atoms with Gasteiger partial charge in [-0.2, -0.15) is 5.10 Å². The lowest BCUT2D eigenvalue weighted by molar-refractivity contribution is 0.531. The summed E-state index contributed by atoms with van der Waals surface area (Å²) in [5, 5.41) is 11.4. The highest BCUT2D eigenvalue weighted by Gasteiger charge is 2.17. The second-order valence-electron chi connectivity index (χ2n) is 5.28. The minimum absolute atomic E-state index is 0.249. The number of nitrogens with one attached hydrogen (secondary N) is 2. The van der Waals surface area contributed by atoms with E-state index in [0.717, 1.165) is 24.1 Å². The van der Waals surface area contributed by atoms with E-state index in [1.165, 1.54) is 5.56 Å². The van der Waals surface area contributed by atoms with Gasteiger partial charge in [-0.25, -0.2) is 4.99 Å². The Hall–Kier alpha value is -2.37. The number of nitrogens with zero attached hydrogens (tertiary/aromatic N) is 3. The van der Waals surface area contributed by atoms with E-state index in [1.807, 2.05) is 23.0 Å². The molecule has 6 heteroatoms. The Bertz CT molecular complexity index is 634. The van der Waals surface area contributed by atoms with Crippen LogP contribution in [0.5, 0.6) is 0 Å². The smallest absolute Gasteiger partial charge is 0.148 e. The minimum Gasteiger partial charge on any atom is -0.382 e. The average molecular weight is 286 g/mol. The lowest BCUT2D eigenvalue weighted by atomic mass is 9.96. The third-order valence-electron chi connectivity index (χ3n) is 3.52. The van der Waals surface area contributed by atoms with Crippen LogP contribution in [0, 0.1) is 5.41 Å². The Morgan fingerprint density at radius 1 is 1.52 bits per heavy atom. The maximum absolute atomic E-state index is 6.97. The predicted octanol–water partition coefficient (Wildman–Crippen LogP) is 2.65. The molecule has 0 amide bonds. The van der Waals surface area contributed by atoms with E-state index in [4.69, 9.17) is 11.1 Å². The van der Waals surface area contributed by atoms with Crippen molar-refractivity contribution in [1.82, 2.24) is 14.8 Å². The summed E-state index contributed by atoms with van der Waals surface area (Å²) in [6.45, 7) is 6.37. The number of amidine groups is 1. The molecule has 0 spiro atoms. The molecular formula is C15H22N6. The van der Waals surface area contributed by atoms with Gasteiger partial charge >= 0.3 is 0 Å². The Morgan fingerprint density at radius 2 is 2.29 bits per heavy atom. The van der Waals surface area contributed by atoms with Crippen LogP contribution >= 0.6 is 0 Å². The van der Waals surface area contributed by atoms with Gasteiger partial charge < -0.3 is 10.7 Å². The molecule has 0 saturated carbocycles. The normalized spacial score (nSPS) is 13.6. The molecule has 0 aliphatic heterocycles. The second-order valence-corrected chi connectivity index (χ2v) is 5.28. The summed E-state index contributed by atoms with van der Waals surface area (Å²) >= 11 is 0. The van der Waals surface area contributed by atoms with Crippen LogP contribution in [-0.4, -0.2) is 26.9 Å². The molecule has 2 aromatic heterocycles. The molecule has 1 atom stereocenters. The van der Waals surface area contributed by atoms with Crippen molar-refractivity contribution < 1.29 is 0 Å². The maximum atomic E-state index is 6.97. The molecule has 0 aliphatic rings. The van der Waals surface area contributed by atoms with Gasteiger partial charge in [0, 0.05) is 23.9 Å². The molecule has 2 aromatic rings. The van der Waals surface area contributed by atoms with E-state index >= 15 is 0 Å². The van der Waals surface area contributed by atoms with Gasteiger partial charge in [0.25, 0.3) is 0 Å². The van der Waals surface area contributed by atoms with E-state index in [9.17, 15) is 0 Å². The van der Waals surface area contributed by atoms with Gasteiger partial charge in [-0.05, 0) is 38.0 Å². The number of rotatable bonds is 6. The minimum atomic E-state index is 0.249. The topological polar surface area (TPSA) is 95.8 Å². The van der Waals surface area contributed by atoms with E-state index in [0.29, 0.717) is 11.9 Å². The molecule has 2 rings (SSSR count). The lowest BCUT2D eigenvalue weighted by Crippen LogP contribution is -2.14. The SMILES string of the molecule is CCC(c1cnn(C(C)C)c1)c1ccc(/C(N)=N\C=N)[nH]1. The standard InChI is InChI=1S/C15H22N6/c1-4-12(11-7-19-21(8-11)10(2)3)13-5-6-14(20-13)15(17)18-9-16/h5-10,12,20H,4H2,1-3H3,(H3,16,17,18). The van der Waals surface area contributed by atoms with Crippen LogP contribution < -0.4 is 5.73 Å². The van der Waals surface area contributed by atoms with Crippen molar-refractivity contribution in [3.63, 3.8) is 0 Å². The predicted molar refractivity (Wildman–Crippen MR) is 85.0 cm³/mol. The van der Waals surface area contributed by atoms with Gasteiger partial charge in [0.05, 0.1) is 11.9 Å². The van der Waals surface area contributed by atoms with Gasteiger partial charge in [0.15, 0.2) is 0 Å². The van der Waals surface area contributed by atoms with Crippen LogP contribution in [-0.2, 0) is 0 Å². The molecule has 0 aliphatic carbocycles. The van der Waals surface area contributed by atoms with Crippen molar-refractivity contribution in [3.8, 4) is 0 Å². The van der Waals surface area contributed by atoms with Crippen molar-refractivity contribution in [2.45, 2.75) is 39.2 Å². The average Bonchev–Trinajstić information content (AvgIpc) is 3.09. The van der Waals surface area contributed by atoms with Crippen molar-refractivity contribution >= 4 is 12.2 Å². The van der Waals surface area contributed by atoms with Gasteiger partial charge in [-0.15, -0.1) is 0 Å². The zero-order valence-electron chi connectivity index (χ0n) is 12.7. The Balaban J connectivity index is 2.29. The molecule has 6 nitrogen and oxygen atoms in total. The summed E-state index contributed by atoms with van der Waals surface area (Å²) in [6, 6.07) is 4.27. The Kier molecular flexibility index (Phi) is 4.57. The fourth-order valence-corrected chi connectivity index (χ4v) is 2.35. The Labute approximate surface area is 124 Å². The zero-order chi connectivity index (χ0) is 15.4. The first-order chi connectivity index (χ1) is 10.1. The van der Waals surface area contributed by atoms with E-state index in [1.54, 1.807) is 0 Å². The molecule has 0 aromatic carbocycles. The molecule has 4 N–H and O–H groups in total. The van der Waals surface area contributed by atoms with E-state index in [2.05, 4.69) is 42.0 Å². The van der Waals surface area contributed by atoms with Crippen molar-refractivity contribution in [1.29, 1.82) is 5.41 Å². The van der Waals surface area contributed by atoms with Crippen molar-refractivity contribution in [2.75, 3.05) is 0 Å². The first kappa shape index (κ1) is 15.0. The number of nitrogens with two attached hydrogens (primary N) is 1. The number of H-pyrrole nitrogens is 1. The third kappa shape index (κ3) is 3.21. The van der Waals surface area contributed by atoms with Gasteiger partial charge in [-0.3, -0.25) is 10.1 Å². The summed E-state index contributed by atoms with van der Waals surface area (Å²) in [5.41, 5.74) is 8.80. The van der Waals surface area contributed by atoms with Crippen LogP contribution in [0.15, 0.2) is 29.5 Å². The number of hydrogen-bond acceptors (Lipinski definition) is 2. The quantitative estimate of drug-likeness (QED) is 0.562. The molecule has 0 radical (unpaired) electrons. The monoisotopic (exact) mass is 286 g/mol. The summed E-state index contributed by atoms with van der Waals surface area (Å²) in [4.78, 5) is 7.07. The van der Waals surface area contributed by atoms with Crippen LogP contribution in [0.3, 0.4) is 0 Å². The lowest BCUT2D eigenvalue weighted by Gasteiger charge is -2.11. The summed E-state index contributed by atoms with van der Waals surface area (Å²) < 4.78 is 1.96. The summed E-state index contributed by atoms with van der Waals surface area (Å²) in [5.74, 6) is 0.572. The number of aliphatic imine (C=N–C) groups is 1. The maximum Gasteiger partial charge on any atom is 0.148 e. The van der Waals surface area contributed by atoms with Crippen molar-refractivity contribution in [2.24, 2.45) is 10.7 Å². The van der Waals surface area contributed by atoms with Crippen LogP contribution in [0.1, 0.15) is 56.1 Å². The fourth-order valence-electron chi connectivity index (χ4n) is 2.35. The number of aromatic nitrogens is 3. The molecule has 0 bridgehead atoms. The largest absolute Gasteiger partial charge is 0.382 e. The summed E-state index contributed by atoms with van der Waals surface area (Å²) in [6.07, 6.45) is 5.92. The molecule has 1 unspecified atom stereocenters. The van der Waals surface area contributed by atoms with Crippen molar-refractivity contribution in [3.05, 3.63) is 41.5 Å². The highest BCUT2D eigenvalue weighted by Crippen LogP contribution is 2.27. The van der Waals surface area contributed by atoms with Gasteiger partial charge in [-0.1, -0.05) is 6.92 Å². The van der Waals surface area contributed by atoms with E-state index in [-0.39, 0.29) is 5.92 Å². The molecule has 0 fully saturated rings. The molecule has 0 saturated heterocycles. The van der Waals surface area contributed by atoms with E-state index < -0.39 is 0 Å². The van der Waals surface area contributed by atoms with Gasteiger partial charge in [0.2, 0.25) is 0 Å². The van der Waals surface area contributed by atoms with Gasteiger partial charge in [0.1, 0.15) is 12.2 Å². The highest BCUT2D eigenvalue weighted by molar-refractivity contribution is 5.99. The second kappa shape index (κ2) is 6.39. The molecular weight excluding hydrogens is 264 g/mol. The van der Waals surface area contributed by atoms with Crippen LogP contribution in [0.2, 0.25) is 0 Å². The first-order valence-electron chi connectivity index (χ1n) is 7.12. The third-order valence-corrected chi connectivity index (χ3v) is 3.52. The number of aromatic amines is 1. The Morgan fingerprint density at radius 3 is 2.86 bits per heavy atom. The highest BCUT2D eigenvalue weighted by atomic mass is 15.3. The van der Waals surface area contributed by atoms with Crippen LogP contribution in [0.4, 0.5) is 0 Å². The zero-order valence-corrected chi connectivity index (χ0v) is 12.7. The molecule has 2 heterocycles. The number of hydrogen-bond donors (Lipinski definition) is 3.